The number of rotatable bonds is 3. The molecule has 0 saturated heterocycles. The lowest BCUT2D eigenvalue weighted by Gasteiger charge is -2.09. The van der Waals surface area contributed by atoms with E-state index < -0.39 is 0 Å². The third-order valence-corrected chi connectivity index (χ3v) is 3.55. The van der Waals surface area contributed by atoms with E-state index in [0.29, 0.717) is 17.7 Å². The molecular formula is C17H13N3O2. The first-order valence-corrected chi connectivity index (χ1v) is 6.73. The largest absolute Gasteiger partial charge is 0.465 e. The van der Waals surface area contributed by atoms with Crippen LogP contribution >= 0.6 is 0 Å². The fourth-order valence-corrected chi connectivity index (χ4v) is 2.44. The monoisotopic (exact) mass is 291 g/mol. The summed E-state index contributed by atoms with van der Waals surface area (Å²) < 4.78 is 6.79. The van der Waals surface area contributed by atoms with E-state index >= 15 is 0 Å². The molecule has 0 spiro atoms. The van der Waals surface area contributed by atoms with E-state index in [0.717, 1.165) is 16.5 Å². The molecule has 108 valence electrons. The number of esters is 1. The Balaban J connectivity index is 2.04. The van der Waals surface area contributed by atoms with Crippen LogP contribution in [0.5, 0.6) is 0 Å². The van der Waals surface area contributed by atoms with Crippen molar-refractivity contribution in [3.63, 3.8) is 0 Å². The van der Waals surface area contributed by atoms with Crippen LogP contribution in [0.25, 0.3) is 10.9 Å². The molecule has 5 heteroatoms. The minimum Gasteiger partial charge on any atom is -0.465 e. The molecule has 0 aliphatic carbocycles. The molecule has 0 N–H and O–H groups in total. The van der Waals surface area contributed by atoms with Crippen LogP contribution in [0.3, 0.4) is 0 Å². The fourth-order valence-electron chi connectivity index (χ4n) is 2.44. The lowest BCUT2D eigenvalue weighted by molar-refractivity contribution is 0.0599. The average Bonchev–Trinajstić information content (AvgIpc) is 2.96. The van der Waals surface area contributed by atoms with Crippen LogP contribution in [0, 0.1) is 11.3 Å². The zero-order valence-corrected chi connectivity index (χ0v) is 12.0. The molecule has 0 bridgehead atoms. The van der Waals surface area contributed by atoms with E-state index in [9.17, 15) is 4.79 Å². The molecule has 0 aliphatic heterocycles. The number of fused-ring (bicyclic) bond motifs is 1. The number of pyridine rings is 1. The minimum absolute atomic E-state index is 0.383. The maximum Gasteiger partial charge on any atom is 0.338 e. The van der Waals surface area contributed by atoms with Crippen molar-refractivity contribution in [3.8, 4) is 6.07 Å². The van der Waals surface area contributed by atoms with Crippen molar-refractivity contribution in [2.45, 2.75) is 6.54 Å². The zero-order valence-electron chi connectivity index (χ0n) is 12.0. The van der Waals surface area contributed by atoms with E-state index in [1.54, 1.807) is 24.5 Å². The van der Waals surface area contributed by atoms with Crippen molar-refractivity contribution < 1.29 is 9.53 Å². The topological polar surface area (TPSA) is 67.9 Å². The standard InChI is InChI=1S/C17H13N3O2/c1-22-17(21)15-4-6-19-10-14(15)11-20-7-5-13-3-2-12(9-18)8-16(13)20/h2-8,10H,11H2,1H3. The van der Waals surface area contributed by atoms with Crippen LogP contribution < -0.4 is 0 Å². The molecular weight excluding hydrogens is 278 g/mol. The minimum atomic E-state index is -0.383. The van der Waals surface area contributed by atoms with Gasteiger partial charge in [0.2, 0.25) is 0 Å². The second-order valence-corrected chi connectivity index (χ2v) is 4.85. The predicted molar refractivity (Wildman–Crippen MR) is 81.3 cm³/mol. The van der Waals surface area contributed by atoms with Gasteiger partial charge in [0.1, 0.15) is 0 Å². The zero-order chi connectivity index (χ0) is 15.5. The third-order valence-electron chi connectivity index (χ3n) is 3.55. The van der Waals surface area contributed by atoms with Crippen LogP contribution in [0.15, 0.2) is 48.9 Å². The first-order valence-electron chi connectivity index (χ1n) is 6.73. The predicted octanol–water partition coefficient (Wildman–Crippen LogP) is 2.74. The van der Waals surface area contributed by atoms with E-state index in [1.807, 2.05) is 29.0 Å². The molecule has 0 amide bonds. The quantitative estimate of drug-likeness (QED) is 0.696. The maximum atomic E-state index is 11.8. The van der Waals surface area contributed by atoms with Crippen molar-refractivity contribution in [3.05, 3.63) is 65.6 Å². The summed E-state index contributed by atoms with van der Waals surface area (Å²) in [7, 11) is 1.36. The Hall–Kier alpha value is -3.13. The normalized spacial score (nSPS) is 10.4. The number of hydrogen-bond acceptors (Lipinski definition) is 4. The highest BCUT2D eigenvalue weighted by Crippen LogP contribution is 2.20. The number of carbonyl (C=O) groups excluding carboxylic acids is 1. The van der Waals surface area contributed by atoms with Crippen LogP contribution in [-0.2, 0) is 11.3 Å². The van der Waals surface area contributed by atoms with Gasteiger partial charge in [-0.25, -0.2) is 4.79 Å². The molecule has 2 heterocycles. The third kappa shape index (κ3) is 2.42. The van der Waals surface area contributed by atoms with Gasteiger partial charge in [-0.15, -0.1) is 0 Å². The van der Waals surface area contributed by atoms with Crippen molar-refractivity contribution in [2.24, 2.45) is 0 Å². The molecule has 1 aromatic carbocycles. The summed E-state index contributed by atoms with van der Waals surface area (Å²) in [6.45, 7) is 0.483. The van der Waals surface area contributed by atoms with Crippen LogP contribution in [0.4, 0.5) is 0 Å². The van der Waals surface area contributed by atoms with Gasteiger partial charge in [-0.3, -0.25) is 4.98 Å². The molecule has 0 atom stereocenters. The van der Waals surface area contributed by atoms with Gasteiger partial charge in [0, 0.05) is 36.2 Å². The highest BCUT2D eigenvalue weighted by atomic mass is 16.5. The smallest absolute Gasteiger partial charge is 0.338 e. The van der Waals surface area contributed by atoms with E-state index in [4.69, 9.17) is 10.00 Å². The summed E-state index contributed by atoms with van der Waals surface area (Å²) in [5, 5.41) is 10.1. The van der Waals surface area contributed by atoms with Crippen molar-refractivity contribution in [1.82, 2.24) is 9.55 Å². The molecule has 3 aromatic rings. The lowest BCUT2D eigenvalue weighted by atomic mass is 10.1. The number of methoxy groups -OCH3 is 1. The fraction of sp³-hybridized carbons (Fsp3) is 0.118. The average molecular weight is 291 g/mol. The van der Waals surface area contributed by atoms with E-state index in [1.165, 1.54) is 7.11 Å². The lowest BCUT2D eigenvalue weighted by Crippen LogP contribution is -2.09. The Kier molecular flexibility index (Phi) is 3.58. The highest BCUT2D eigenvalue weighted by Gasteiger charge is 2.12. The molecule has 3 rings (SSSR count). The summed E-state index contributed by atoms with van der Waals surface area (Å²) in [5.41, 5.74) is 2.82. The summed E-state index contributed by atoms with van der Waals surface area (Å²) in [6, 6.07) is 11.3. The van der Waals surface area contributed by atoms with Gasteiger partial charge in [0.25, 0.3) is 0 Å². The summed E-state index contributed by atoms with van der Waals surface area (Å²) >= 11 is 0. The van der Waals surface area contributed by atoms with Gasteiger partial charge in [0.05, 0.1) is 24.3 Å². The molecule has 5 nitrogen and oxygen atoms in total. The SMILES string of the molecule is COC(=O)c1ccncc1Cn1ccc2ccc(C#N)cc21. The van der Waals surface area contributed by atoms with Crippen molar-refractivity contribution in [1.29, 1.82) is 5.26 Å². The molecule has 0 radical (unpaired) electrons. The summed E-state index contributed by atoms with van der Waals surface area (Å²) in [5.74, 6) is -0.383. The van der Waals surface area contributed by atoms with E-state index in [-0.39, 0.29) is 5.97 Å². The number of benzene rings is 1. The second kappa shape index (κ2) is 5.70. The first kappa shape index (κ1) is 13.8. The molecule has 0 fully saturated rings. The summed E-state index contributed by atoms with van der Waals surface area (Å²) in [4.78, 5) is 15.9. The van der Waals surface area contributed by atoms with Crippen LogP contribution in [-0.4, -0.2) is 22.6 Å². The Morgan fingerprint density at radius 1 is 1.36 bits per heavy atom. The number of ether oxygens (including phenoxy) is 1. The Bertz CT molecular complexity index is 890. The number of aromatic nitrogens is 2. The van der Waals surface area contributed by atoms with Gasteiger partial charge in [0.15, 0.2) is 0 Å². The molecule has 0 saturated carbocycles. The summed E-state index contributed by atoms with van der Waals surface area (Å²) in [6.07, 6.45) is 5.16. The molecule has 0 aliphatic rings. The van der Waals surface area contributed by atoms with Crippen LogP contribution in [0.1, 0.15) is 21.5 Å². The molecule has 22 heavy (non-hydrogen) atoms. The molecule has 0 unspecified atom stereocenters. The van der Waals surface area contributed by atoms with Crippen molar-refractivity contribution >= 4 is 16.9 Å². The number of carbonyl (C=O) groups is 1. The Morgan fingerprint density at radius 2 is 2.23 bits per heavy atom. The number of hydrogen-bond donors (Lipinski definition) is 0. The van der Waals surface area contributed by atoms with Crippen LogP contribution in [0.2, 0.25) is 0 Å². The Labute approximate surface area is 127 Å². The number of nitriles is 1. The van der Waals surface area contributed by atoms with Gasteiger partial charge >= 0.3 is 5.97 Å². The van der Waals surface area contributed by atoms with Gasteiger partial charge in [-0.05, 0) is 29.7 Å². The molecule has 2 aromatic heterocycles. The van der Waals surface area contributed by atoms with Gasteiger partial charge in [-0.1, -0.05) is 6.07 Å². The first-order chi connectivity index (χ1) is 10.7. The Morgan fingerprint density at radius 3 is 3.00 bits per heavy atom. The highest BCUT2D eigenvalue weighted by molar-refractivity contribution is 5.91. The van der Waals surface area contributed by atoms with Crippen molar-refractivity contribution in [2.75, 3.05) is 7.11 Å². The number of nitrogens with zero attached hydrogens (tertiary/aromatic N) is 3. The van der Waals surface area contributed by atoms with Gasteiger partial charge < -0.3 is 9.30 Å². The second-order valence-electron chi connectivity index (χ2n) is 4.85. The van der Waals surface area contributed by atoms with E-state index in [2.05, 4.69) is 11.1 Å². The van der Waals surface area contributed by atoms with Gasteiger partial charge in [-0.2, -0.15) is 5.26 Å². The maximum absolute atomic E-state index is 11.8.